The molecule has 2 aromatic rings. The normalized spacial score (nSPS) is 12.4. The van der Waals surface area contributed by atoms with E-state index in [0.29, 0.717) is 0 Å². The number of hydrogen-bond acceptors (Lipinski definition) is 2. The summed E-state index contributed by atoms with van der Waals surface area (Å²) in [5.41, 5.74) is 9.81. The summed E-state index contributed by atoms with van der Waals surface area (Å²) in [6, 6.07) is 10.2. The predicted octanol–water partition coefficient (Wildman–Crippen LogP) is 3.40. The van der Waals surface area contributed by atoms with Crippen LogP contribution in [0.3, 0.4) is 0 Å². The largest absolute Gasteiger partial charge is 0.324 e. The third kappa shape index (κ3) is 3.14. The molecule has 0 fully saturated rings. The van der Waals surface area contributed by atoms with Gasteiger partial charge in [0.15, 0.2) is 0 Å². The summed E-state index contributed by atoms with van der Waals surface area (Å²) in [6.45, 7) is 2.09. The Morgan fingerprint density at radius 3 is 2.82 bits per heavy atom. The molecule has 1 atom stereocenters. The van der Waals surface area contributed by atoms with E-state index in [0.717, 1.165) is 10.9 Å². The van der Waals surface area contributed by atoms with E-state index < -0.39 is 0 Å². The molecule has 0 aliphatic carbocycles. The average molecular weight is 291 g/mol. The van der Waals surface area contributed by atoms with Crippen molar-refractivity contribution in [2.75, 3.05) is 0 Å². The first-order valence-electron chi connectivity index (χ1n) is 5.57. The zero-order valence-electron chi connectivity index (χ0n) is 9.73. The molecule has 0 spiro atoms. The lowest BCUT2D eigenvalue weighted by Crippen LogP contribution is -2.14. The first kappa shape index (κ1) is 12.3. The molecule has 1 heterocycles. The van der Waals surface area contributed by atoms with Crippen LogP contribution in [-0.4, -0.2) is 4.98 Å². The molecule has 3 heteroatoms. The summed E-state index contributed by atoms with van der Waals surface area (Å²) in [6.07, 6.45) is 4.46. The minimum atomic E-state index is 0.0206. The van der Waals surface area contributed by atoms with Crippen LogP contribution in [0.15, 0.2) is 47.2 Å². The standard InChI is InChI=1S/C14H15BrN2/c1-10-7-12(15)4-5-13(10)14(16)8-11-3-2-6-17-9-11/h2-7,9,14H,8,16H2,1H3. The molecule has 2 rings (SSSR count). The molecule has 88 valence electrons. The Kier molecular flexibility index (Phi) is 3.92. The van der Waals surface area contributed by atoms with Gasteiger partial charge in [-0.2, -0.15) is 0 Å². The summed E-state index contributed by atoms with van der Waals surface area (Å²) in [4.78, 5) is 4.10. The van der Waals surface area contributed by atoms with Gasteiger partial charge in [0.05, 0.1) is 0 Å². The minimum absolute atomic E-state index is 0.0206. The van der Waals surface area contributed by atoms with E-state index in [1.54, 1.807) is 6.20 Å². The molecule has 17 heavy (non-hydrogen) atoms. The highest BCUT2D eigenvalue weighted by atomic mass is 79.9. The summed E-state index contributed by atoms with van der Waals surface area (Å²) < 4.78 is 1.09. The quantitative estimate of drug-likeness (QED) is 0.941. The van der Waals surface area contributed by atoms with Crippen molar-refractivity contribution in [3.8, 4) is 0 Å². The van der Waals surface area contributed by atoms with E-state index in [4.69, 9.17) is 5.73 Å². The fraction of sp³-hybridized carbons (Fsp3) is 0.214. The number of pyridine rings is 1. The van der Waals surface area contributed by atoms with Crippen molar-refractivity contribution in [3.63, 3.8) is 0 Å². The van der Waals surface area contributed by atoms with Gasteiger partial charge in [-0.3, -0.25) is 4.98 Å². The van der Waals surface area contributed by atoms with Crippen LogP contribution in [0.5, 0.6) is 0 Å². The van der Waals surface area contributed by atoms with Gasteiger partial charge in [-0.15, -0.1) is 0 Å². The Bertz CT molecular complexity index is 497. The first-order valence-corrected chi connectivity index (χ1v) is 6.36. The van der Waals surface area contributed by atoms with Gasteiger partial charge in [-0.05, 0) is 48.2 Å². The van der Waals surface area contributed by atoms with Crippen molar-refractivity contribution in [3.05, 3.63) is 63.9 Å². The Hall–Kier alpha value is -1.19. The number of halogens is 1. The topological polar surface area (TPSA) is 38.9 Å². The maximum atomic E-state index is 6.23. The van der Waals surface area contributed by atoms with E-state index in [2.05, 4.69) is 46.0 Å². The Morgan fingerprint density at radius 1 is 1.35 bits per heavy atom. The zero-order chi connectivity index (χ0) is 12.3. The number of rotatable bonds is 3. The highest BCUT2D eigenvalue weighted by Crippen LogP contribution is 2.22. The maximum Gasteiger partial charge on any atom is 0.0338 e. The number of nitrogens with zero attached hydrogens (tertiary/aromatic N) is 1. The van der Waals surface area contributed by atoms with E-state index in [-0.39, 0.29) is 6.04 Å². The maximum absolute atomic E-state index is 6.23. The number of aryl methyl sites for hydroxylation is 1. The van der Waals surface area contributed by atoms with Gasteiger partial charge in [0.1, 0.15) is 0 Å². The Balaban J connectivity index is 2.17. The van der Waals surface area contributed by atoms with Crippen molar-refractivity contribution in [2.24, 2.45) is 5.73 Å². The van der Waals surface area contributed by atoms with Gasteiger partial charge in [0.2, 0.25) is 0 Å². The lowest BCUT2D eigenvalue weighted by atomic mass is 9.97. The highest BCUT2D eigenvalue weighted by molar-refractivity contribution is 9.10. The molecule has 0 bridgehead atoms. The molecule has 0 aliphatic heterocycles. The lowest BCUT2D eigenvalue weighted by molar-refractivity contribution is 0.714. The molecular formula is C14H15BrN2. The van der Waals surface area contributed by atoms with Crippen LogP contribution in [0.1, 0.15) is 22.7 Å². The zero-order valence-corrected chi connectivity index (χ0v) is 11.3. The molecule has 0 radical (unpaired) electrons. The fourth-order valence-corrected chi connectivity index (χ4v) is 2.41. The third-order valence-corrected chi connectivity index (χ3v) is 3.30. The molecule has 2 N–H and O–H groups in total. The number of benzene rings is 1. The molecule has 0 saturated heterocycles. The van der Waals surface area contributed by atoms with Crippen molar-refractivity contribution in [1.82, 2.24) is 4.98 Å². The molecule has 2 nitrogen and oxygen atoms in total. The molecule has 1 aromatic carbocycles. The first-order chi connectivity index (χ1) is 8.16. The van der Waals surface area contributed by atoms with E-state index in [1.807, 2.05) is 18.3 Å². The van der Waals surface area contributed by atoms with E-state index in [9.17, 15) is 0 Å². The van der Waals surface area contributed by atoms with Gasteiger partial charge in [0.25, 0.3) is 0 Å². The summed E-state index contributed by atoms with van der Waals surface area (Å²) in [5.74, 6) is 0. The van der Waals surface area contributed by atoms with Crippen LogP contribution in [0.25, 0.3) is 0 Å². The van der Waals surface area contributed by atoms with Crippen molar-refractivity contribution in [2.45, 2.75) is 19.4 Å². The number of hydrogen-bond donors (Lipinski definition) is 1. The second-order valence-electron chi connectivity index (χ2n) is 4.17. The van der Waals surface area contributed by atoms with Crippen molar-refractivity contribution >= 4 is 15.9 Å². The predicted molar refractivity (Wildman–Crippen MR) is 73.7 cm³/mol. The molecular weight excluding hydrogens is 276 g/mol. The SMILES string of the molecule is Cc1cc(Br)ccc1C(N)Cc1cccnc1. The summed E-state index contributed by atoms with van der Waals surface area (Å²) in [5, 5.41) is 0. The Labute approximate surface area is 110 Å². The van der Waals surface area contributed by atoms with Crippen LogP contribution in [-0.2, 0) is 6.42 Å². The van der Waals surface area contributed by atoms with Gasteiger partial charge < -0.3 is 5.73 Å². The molecule has 0 saturated carbocycles. The Morgan fingerprint density at radius 2 is 2.18 bits per heavy atom. The highest BCUT2D eigenvalue weighted by Gasteiger charge is 2.09. The van der Waals surface area contributed by atoms with Gasteiger partial charge in [-0.1, -0.05) is 28.1 Å². The second-order valence-corrected chi connectivity index (χ2v) is 5.09. The number of aromatic nitrogens is 1. The minimum Gasteiger partial charge on any atom is -0.324 e. The van der Waals surface area contributed by atoms with Crippen LogP contribution in [0.2, 0.25) is 0 Å². The fourth-order valence-electron chi connectivity index (χ4n) is 1.94. The van der Waals surface area contributed by atoms with Crippen LogP contribution in [0.4, 0.5) is 0 Å². The van der Waals surface area contributed by atoms with Crippen molar-refractivity contribution < 1.29 is 0 Å². The molecule has 1 aromatic heterocycles. The number of nitrogens with two attached hydrogens (primary N) is 1. The summed E-state index contributed by atoms with van der Waals surface area (Å²) >= 11 is 3.46. The van der Waals surface area contributed by atoms with Crippen LogP contribution in [0, 0.1) is 6.92 Å². The third-order valence-electron chi connectivity index (χ3n) is 2.81. The molecule has 0 aliphatic rings. The second kappa shape index (κ2) is 5.43. The van der Waals surface area contributed by atoms with E-state index in [1.165, 1.54) is 16.7 Å². The molecule has 1 unspecified atom stereocenters. The van der Waals surface area contributed by atoms with Crippen LogP contribution < -0.4 is 5.73 Å². The van der Waals surface area contributed by atoms with Gasteiger partial charge >= 0.3 is 0 Å². The van der Waals surface area contributed by atoms with E-state index >= 15 is 0 Å². The van der Waals surface area contributed by atoms with Crippen molar-refractivity contribution in [1.29, 1.82) is 0 Å². The molecule has 0 amide bonds. The smallest absolute Gasteiger partial charge is 0.0338 e. The van der Waals surface area contributed by atoms with Gasteiger partial charge in [0, 0.05) is 22.9 Å². The van der Waals surface area contributed by atoms with Gasteiger partial charge in [-0.25, -0.2) is 0 Å². The summed E-state index contributed by atoms with van der Waals surface area (Å²) in [7, 11) is 0. The lowest BCUT2D eigenvalue weighted by Gasteiger charge is -2.15. The monoisotopic (exact) mass is 290 g/mol. The average Bonchev–Trinajstić information content (AvgIpc) is 2.30. The van der Waals surface area contributed by atoms with Crippen LogP contribution >= 0.6 is 15.9 Å².